The third kappa shape index (κ3) is 3.30. The molecule has 0 aromatic carbocycles. The molecule has 1 saturated carbocycles. The molecule has 2 aliphatic rings. The third-order valence-corrected chi connectivity index (χ3v) is 5.85. The topological polar surface area (TPSA) is 36.1 Å². The van der Waals surface area contributed by atoms with Crippen LogP contribution in [-0.4, -0.2) is 22.8 Å². The van der Waals surface area contributed by atoms with E-state index < -0.39 is 0 Å². The maximum atomic E-state index is 3.67. The van der Waals surface area contributed by atoms with E-state index in [1.165, 1.54) is 36.8 Å². The van der Waals surface area contributed by atoms with Crippen LogP contribution >= 0.6 is 11.8 Å². The molecule has 0 radical (unpaired) electrons. The van der Waals surface area contributed by atoms with Crippen molar-refractivity contribution in [3.8, 4) is 0 Å². The second-order valence-corrected chi connectivity index (χ2v) is 7.43. The van der Waals surface area contributed by atoms with E-state index in [0.717, 1.165) is 12.4 Å². The third-order valence-electron chi connectivity index (χ3n) is 4.44. The molecule has 0 amide bonds. The molecule has 4 heteroatoms. The Morgan fingerprint density at radius 3 is 2.55 bits per heavy atom. The molecular weight excluding hydrogens is 266 g/mol. The molecule has 2 aliphatic carbocycles. The van der Waals surface area contributed by atoms with Gasteiger partial charge in [-0.2, -0.15) is 0 Å². The summed E-state index contributed by atoms with van der Waals surface area (Å²) in [4.78, 5) is 0.196. The standard InChI is InChI=1S/C16H29N3S/c1-5-14-13(3)11-15(14,4)18-19-16(9-7-8-10-16)20-12-17-6-2/h5,11,17-19H,6-10,12H2,1-4H3/b14-5+. The van der Waals surface area contributed by atoms with Gasteiger partial charge in [-0.25, -0.2) is 10.9 Å². The number of hydrogen-bond acceptors (Lipinski definition) is 4. The van der Waals surface area contributed by atoms with Gasteiger partial charge >= 0.3 is 0 Å². The Bertz CT molecular complexity index is 397. The van der Waals surface area contributed by atoms with Crippen LogP contribution in [0.2, 0.25) is 0 Å². The van der Waals surface area contributed by atoms with Gasteiger partial charge in [0.2, 0.25) is 0 Å². The van der Waals surface area contributed by atoms with Gasteiger partial charge in [0, 0.05) is 5.88 Å². The lowest BCUT2D eigenvalue weighted by atomic mass is 9.76. The summed E-state index contributed by atoms with van der Waals surface area (Å²) in [5.41, 5.74) is 10.1. The summed E-state index contributed by atoms with van der Waals surface area (Å²) in [6.07, 6.45) is 9.69. The highest BCUT2D eigenvalue weighted by Crippen LogP contribution is 2.40. The van der Waals surface area contributed by atoms with Crippen molar-refractivity contribution in [1.82, 2.24) is 16.2 Å². The molecule has 20 heavy (non-hydrogen) atoms. The van der Waals surface area contributed by atoms with Crippen molar-refractivity contribution in [1.29, 1.82) is 0 Å². The first-order valence-corrected chi connectivity index (χ1v) is 8.79. The number of hydrazine groups is 1. The van der Waals surface area contributed by atoms with Crippen molar-refractivity contribution in [2.75, 3.05) is 12.4 Å². The fourth-order valence-corrected chi connectivity index (χ4v) is 4.62. The van der Waals surface area contributed by atoms with Gasteiger partial charge in [-0.3, -0.25) is 0 Å². The Hall–Kier alpha value is -0.290. The van der Waals surface area contributed by atoms with Gasteiger partial charge in [-0.1, -0.05) is 31.9 Å². The zero-order valence-corrected chi connectivity index (χ0v) is 14.1. The molecule has 1 unspecified atom stereocenters. The van der Waals surface area contributed by atoms with E-state index in [1.54, 1.807) is 0 Å². The zero-order valence-electron chi connectivity index (χ0n) is 13.3. The van der Waals surface area contributed by atoms with Crippen LogP contribution in [0, 0.1) is 0 Å². The monoisotopic (exact) mass is 295 g/mol. The van der Waals surface area contributed by atoms with Crippen LogP contribution in [0.15, 0.2) is 23.3 Å². The molecule has 1 fully saturated rings. The molecule has 0 aromatic heterocycles. The summed E-state index contributed by atoms with van der Waals surface area (Å²) in [6.45, 7) is 9.76. The lowest BCUT2D eigenvalue weighted by Crippen LogP contribution is -2.60. The van der Waals surface area contributed by atoms with E-state index >= 15 is 0 Å². The number of rotatable bonds is 7. The van der Waals surface area contributed by atoms with Gasteiger partial charge in [0.05, 0.1) is 10.4 Å². The summed E-state index contributed by atoms with van der Waals surface area (Å²) in [7, 11) is 0. The Balaban J connectivity index is 1.93. The number of allylic oxidation sites excluding steroid dienone is 1. The summed E-state index contributed by atoms with van der Waals surface area (Å²) in [5.74, 6) is 1.02. The fourth-order valence-electron chi connectivity index (χ4n) is 3.34. The lowest BCUT2D eigenvalue weighted by molar-refractivity contribution is 0.324. The first-order valence-electron chi connectivity index (χ1n) is 7.81. The van der Waals surface area contributed by atoms with E-state index in [1.807, 2.05) is 11.8 Å². The molecule has 0 bridgehead atoms. The van der Waals surface area contributed by atoms with Crippen LogP contribution in [-0.2, 0) is 0 Å². The maximum absolute atomic E-state index is 3.67. The Labute approximate surface area is 128 Å². The minimum Gasteiger partial charge on any atom is -0.308 e. The smallest absolute Gasteiger partial charge is 0.0787 e. The van der Waals surface area contributed by atoms with Crippen LogP contribution in [0.1, 0.15) is 53.4 Å². The van der Waals surface area contributed by atoms with Crippen molar-refractivity contribution in [2.45, 2.75) is 63.8 Å². The highest BCUT2D eigenvalue weighted by molar-refractivity contribution is 8.00. The molecule has 0 spiro atoms. The van der Waals surface area contributed by atoms with Gasteiger partial charge in [0.1, 0.15) is 0 Å². The van der Waals surface area contributed by atoms with Crippen LogP contribution in [0.3, 0.4) is 0 Å². The summed E-state index contributed by atoms with van der Waals surface area (Å²) in [5, 5.41) is 3.42. The molecule has 0 aliphatic heterocycles. The van der Waals surface area contributed by atoms with E-state index in [2.05, 4.69) is 56.0 Å². The summed E-state index contributed by atoms with van der Waals surface area (Å²) >= 11 is 2.02. The maximum Gasteiger partial charge on any atom is 0.0787 e. The van der Waals surface area contributed by atoms with E-state index in [9.17, 15) is 0 Å². The van der Waals surface area contributed by atoms with Gasteiger partial charge in [-0.15, -0.1) is 11.8 Å². The quantitative estimate of drug-likeness (QED) is 0.382. The first kappa shape index (κ1) is 16.1. The second-order valence-electron chi connectivity index (χ2n) is 6.08. The summed E-state index contributed by atoms with van der Waals surface area (Å²) in [6, 6.07) is 0. The van der Waals surface area contributed by atoms with Crippen LogP contribution in [0.5, 0.6) is 0 Å². The van der Waals surface area contributed by atoms with Crippen molar-refractivity contribution >= 4 is 11.8 Å². The van der Waals surface area contributed by atoms with Crippen LogP contribution in [0.4, 0.5) is 0 Å². The largest absolute Gasteiger partial charge is 0.308 e. The van der Waals surface area contributed by atoms with E-state index in [4.69, 9.17) is 0 Å². The van der Waals surface area contributed by atoms with Gasteiger partial charge in [0.15, 0.2) is 0 Å². The van der Waals surface area contributed by atoms with Crippen molar-refractivity contribution in [3.63, 3.8) is 0 Å². The number of nitrogens with one attached hydrogen (secondary N) is 3. The molecule has 0 aromatic rings. The molecule has 114 valence electrons. The predicted octanol–water partition coefficient (Wildman–Crippen LogP) is 3.32. The Morgan fingerprint density at radius 1 is 1.30 bits per heavy atom. The Kier molecular flexibility index (Phi) is 5.35. The molecule has 3 nitrogen and oxygen atoms in total. The molecule has 3 N–H and O–H groups in total. The summed E-state index contributed by atoms with van der Waals surface area (Å²) < 4.78 is 0. The first-order chi connectivity index (χ1) is 9.55. The highest BCUT2D eigenvalue weighted by atomic mass is 32.2. The van der Waals surface area contributed by atoms with Gasteiger partial charge in [-0.05, 0) is 51.3 Å². The molecule has 1 atom stereocenters. The lowest BCUT2D eigenvalue weighted by Gasteiger charge is -2.43. The average Bonchev–Trinajstić information content (AvgIpc) is 2.86. The number of thioether (sulfide) groups is 1. The SMILES string of the molecule is C/C=C1\C(C)=CC1(C)NNC1(SCNCC)CCCC1. The molecule has 0 saturated heterocycles. The predicted molar refractivity (Wildman–Crippen MR) is 89.5 cm³/mol. The van der Waals surface area contributed by atoms with Crippen molar-refractivity contribution < 1.29 is 0 Å². The second kappa shape index (κ2) is 6.65. The normalized spacial score (nSPS) is 30.4. The van der Waals surface area contributed by atoms with E-state index in [0.29, 0.717) is 0 Å². The van der Waals surface area contributed by atoms with Crippen LogP contribution < -0.4 is 16.2 Å². The zero-order chi connectivity index (χ0) is 14.6. The minimum absolute atomic E-state index is 0.00678. The highest BCUT2D eigenvalue weighted by Gasteiger charge is 2.39. The van der Waals surface area contributed by atoms with Crippen molar-refractivity contribution in [3.05, 3.63) is 23.3 Å². The van der Waals surface area contributed by atoms with Crippen LogP contribution in [0.25, 0.3) is 0 Å². The van der Waals surface area contributed by atoms with E-state index in [-0.39, 0.29) is 10.4 Å². The van der Waals surface area contributed by atoms with Crippen molar-refractivity contribution in [2.24, 2.45) is 0 Å². The average molecular weight is 295 g/mol. The van der Waals surface area contributed by atoms with Gasteiger partial charge in [0.25, 0.3) is 0 Å². The fraction of sp³-hybridized carbons (Fsp3) is 0.750. The Morgan fingerprint density at radius 2 is 2.00 bits per heavy atom. The number of hydrogen-bond donors (Lipinski definition) is 3. The van der Waals surface area contributed by atoms with Gasteiger partial charge < -0.3 is 5.32 Å². The molecular formula is C16H29N3S. The molecule has 0 heterocycles. The minimum atomic E-state index is -0.00678. The molecule has 2 rings (SSSR count).